The van der Waals surface area contributed by atoms with Crippen molar-refractivity contribution in [1.29, 1.82) is 0 Å². The van der Waals surface area contributed by atoms with Crippen molar-refractivity contribution in [3.8, 4) is 0 Å². The molecule has 6 nitrogen and oxygen atoms in total. The molecule has 0 radical (unpaired) electrons. The molecule has 0 unspecified atom stereocenters. The summed E-state index contributed by atoms with van der Waals surface area (Å²) in [6.45, 7) is 2.89. The van der Waals surface area contributed by atoms with Gasteiger partial charge in [0, 0.05) is 49.3 Å². The molecule has 3 rings (SSSR count). The Bertz CT molecular complexity index is 701. The van der Waals surface area contributed by atoms with Crippen molar-refractivity contribution in [3.63, 3.8) is 0 Å². The molecule has 23 heavy (non-hydrogen) atoms. The van der Waals surface area contributed by atoms with Crippen LogP contribution in [0.1, 0.15) is 41.7 Å². The lowest BCUT2D eigenvalue weighted by atomic mass is 9.95. The summed E-state index contributed by atoms with van der Waals surface area (Å²) in [6, 6.07) is 3.48. The van der Waals surface area contributed by atoms with Crippen molar-refractivity contribution in [1.82, 2.24) is 14.9 Å². The van der Waals surface area contributed by atoms with Gasteiger partial charge in [0.2, 0.25) is 5.91 Å². The molecule has 0 bridgehead atoms. The van der Waals surface area contributed by atoms with Gasteiger partial charge in [-0.3, -0.25) is 14.6 Å². The number of nitrogens with one attached hydrogen (secondary N) is 1. The summed E-state index contributed by atoms with van der Waals surface area (Å²) in [4.78, 5) is 33.9. The fourth-order valence-electron chi connectivity index (χ4n) is 2.76. The fourth-order valence-corrected chi connectivity index (χ4v) is 3.60. The predicted molar refractivity (Wildman–Crippen MR) is 88.5 cm³/mol. The minimum absolute atomic E-state index is 0.0365. The summed E-state index contributed by atoms with van der Waals surface area (Å²) >= 11 is 1.42. The average Bonchev–Trinajstić information content (AvgIpc) is 3.03. The molecule has 2 amide bonds. The Morgan fingerprint density at radius 1 is 1.35 bits per heavy atom. The lowest BCUT2D eigenvalue weighted by molar-refractivity contribution is -0.114. The SMILES string of the molecule is CC(=O)Nc1nc([C@@H]2CCCN(C(=O)c3ccncc3)C2)cs1. The Balaban J connectivity index is 1.69. The molecule has 2 aromatic heterocycles. The molecule has 7 heteroatoms. The van der Waals surface area contributed by atoms with Gasteiger partial charge in [-0.1, -0.05) is 0 Å². The second-order valence-corrected chi connectivity index (χ2v) is 6.44. The third-order valence-electron chi connectivity index (χ3n) is 3.86. The number of rotatable bonds is 3. The van der Waals surface area contributed by atoms with E-state index in [9.17, 15) is 9.59 Å². The third kappa shape index (κ3) is 3.73. The number of anilines is 1. The molecule has 0 aromatic carbocycles. The van der Waals surface area contributed by atoms with E-state index >= 15 is 0 Å². The molecule has 120 valence electrons. The largest absolute Gasteiger partial charge is 0.338 e. The van der Waals surface area contributed by atoms with E-state index in [1.165, 1.54) is 18.3 Å². The van der Waals surface area contributed by atoms with Crippen molar-refractivity contribution < 1.29 is 9.59 Å². The van der Waals surface area contributed by atoms with E-state index in [1.54, 1.807) is 24.5 Å². The molecule has 3 heterocycles. The Morgan fingerprint density at radius 3 is 2.87 bits per heavy atom. The van der Waals surface area contributed by atoms with Gasteiger partial charge in [0.1, 0.15) is 0 Å². The first-order chi connectivity index (χ1) is 11.1. The molecule has 1 saturated heterocycles. The molecule has 1 aliphatic rings. The number of nitrogens with zero attached hydrogens (tertiary/aromatic N) is 3. The van der Waals surface area contributed by atoms with Crippen LogP contribution in [0, 0.1) is 0 Å². The van der Waals surface area contributed by atoms with E-state index in [2.05, 4.69) is 15.3 Å². The van der Waals surface area contributed by atoms with Crippen LogP contribution < -0.4 is 5.32 Å². The standard InChI is InChI=1S/C16H18N4O2S/c1-11(21)18-16-19-14(10-23-16)13-3-2-8-20(9-13)15(22)12-4-6-17-7-5-12/h4-7,10,13H,2-3,8-9H2,1H3,(H,18,19,21)/t13-/m1/s1. The van der Waals surface area contributed by atoms with E-state index < -0.39 is 0 Å². The van der Waals surface area contributed by atoms with Crippen LogP contribution in [0.4, 0.5) is 5.13 Å². The molecule has 0 spiro atoms. The predicted octanol–water partition coefficient (Wildman–Crippen LogP) is 2.52. The van der Waals surface area contributed by atoms with Crippen LogP contribution in [-0.4, -0.2) is 39.8 Å². The number of carbonyl (C=O) groups excluding carboxylic acids is 2. The Hall–Kier alpha value is -2.28. The molecular weight excluding hydrogens is 312 g/mol. The van der Waals surface area contributed by atoms with Crippen LogP contribution in [-0.2, 0) is 4.79 Å². The highest BCUT2D eigenvalue weighted by molar-refractivity contribution is 7.13. The minimum atomic E-state index is -0.121. The van der Waals surface area contributed by atoms with E-state index in [0.29, 0.717) is 17.2 Å². The maximum Gasteiger partial charge on any atom is 0.253 e. The van der Waals surface area contributed by atoms with E-state index in [-0.39, 0.29) is 17.7 Å². The fraction of sp³-hybridized carbons (Fsp3) is 0.375. The highest BCUT2D eigenvalue weighted by atomic mass is 32.1. The van der Waals surface area contributed by atoms with Crippen molar-refractivity contribution in [2.45, 2.75) is 25.7 Å². The van der Waals surface area contributed by atoms with Crippen LogP contribution in [0.25, 0.3) is 0 Å². The van der Waals surface area contributed by atoms with Crippen LogP contribution in [0.5, 0.6) is 0 Å². The maximum absolute atomic E-state index is 12.6. The van der Waals surface area contributed by atoms with Crippen LogP contribution in [0.15, 0.2) is 29.9 Å². The zero-order chi connectivity index (χ0) is 16.2. The molecule has 1 aliphatic heterocycles. The third-order valence-corrected chi connectivity index (χ3v) is 4.64. The van der Waals surface area contributed by atoms with Gasteiger partial charge in [0.15, 0.2) is 5.13 Å². The van der Waals surface area contributed by atoms with Crippen molar-refractivity contribution in [2.24, 2.45) is 0 Å². The van der Waals surface area contributed by atoms with E-state index in [0.717, 1.165) is 25.1 Å². The summed E-state index contributed by atoms with van der Waals surface area (Å²) in [5.74, 6) is 0.131. The highest BCUT2D eigenvalue weighted by Crippen LogP contribution is 2.30. The Labute approximate surface area is 138 Å². The van der Waals surface area contributed by atoms with Crippen LogP contribution in [0.2, 0.25) is 0 Å². The van der Waals surface area contributed by atoms with Crippen LogP contribution in [0.3, 0.4) is 0 Å². The van der Waals surface area contributed by atoms with Crippen molar-refractivity contribution >= 4 is 28.3 Å². The first-order valence-electron chi connectivity index (χ1n) is 7.56. The summed E-state index contributed by atoms with van der Waals surface area (Å²) in [5, 5.41) is 5.29. The number of hydrogen-bond acceptors (Lipinski definition) is 5. The number of amides is 2. The first-order valence-corrected chi connectivity index (χ1v) is 8.44. The van der Waals surface area contributed by atoms with E-state index in [4.69, 9.17) is 0 Å². The molecule has 1 atom stereocenters. The quantitative estimate of drug-likeness (QED) is 0.938. The smallest absolute Gasteiger partial charge is 0.253 e. The number of piperidine rings is 1. The van der Waals surface area contributed by atoms with Gasteiger partial charge in [-0.2, -0.15) is 0 Å². The van der Waals surface area contributed by atoms with Gasteiger partial charge in [-0.25, -0.2) is 4.98 Å². The van der Waals surface area contributed by atoms with Gasteiger partial charge in [0.05, 0.1) is 5.69 Å². The molecule has 2 aromatic rings. The van der Waals surface area contributed by atoms with Gasteiger partial charge in [-0.05, 0) is 25.0 Å². The number of carbonyl (C=O) groups is 2. The highest BCUT2D eigenvalue weighted by Gasteiger charge is 2.27. The summed E-state index contributed by atoms with van der Waals surface area (Å²) in [6.07, 6.45) is 5.22. The Kier molecular flexibility index (Phi) is 4.66. The molecule has 0 saturated carbocycles. The van der Waals surface area contributed by atoms with Crippen molar-refractivity contribution in [3.05, 3.63) is 41.2 Å². The number of thiazole rings is 1. The number of hydrogen-bond donors (Lipinski definition) is 1. The zero-order valence-corrected chi connectivity index (χ0v) is 13.7. The van der Waals surface area contributed by atoms with Gasteiger partial charge < -0.3 is 10.2 Å². The number of likely N-dealkylation sites (tertiary alicyclic amines) is 1. The van der Waals surface area contributed by atoms with Crippen molar-refractivity contribution in [2.75, 3.05) is 18.4 Å². The molecular formula is C16H18N4O2S. The summed E-state index contributed by atoms with van der Waals surface area (Å²) < 4.78 is 0. The van der Waals surface area contributed by atoms with Gasteiger partial charge in [0.25, 0.3) is 5.91 Å². The normalized spacial score (nSPS) is 17.8. The molecule has 1 N–H and O–H groups in total. The van der Waals surface area contributed by atoms with Gasteiger partial charge >= 0.3 is 0 Å². The second kappa shape index (κ2) is 6.87. The number of aromatic nitrogens is 2. The monoisotopic (exact) mass is 330 g/mol. The second-order valence-electron chi connectivity index (χ2n) is 5.58. The maximum atomic E-state index is 12.6. The summed E-state index contributed by atoms with van der Waals surface area (Å²) in [5.41, 5.74) is 1.61. The van der Waals surface area contributed by atoms with E-state index in [1.807, 2.05) is 10.3 Å². The topological polar surface area (TPSA) is 75.2 Å². The average molecular weight is 330 g/mol. The molecule has 0 aliphatic carbocycles. The van der Waals surface area contributed by atoms with Gasteiger partial charge in [-0.15, -0.1) is 11.3 Å². The first kappa shape index (κ1) is 15.6. The Morgan fingerprint density at radius 2 is 2.13 bits per heavy atom. The van der Waals surface area contributed by atoms with Crippen LogP contribution >= 0.6 is 11.3 Å². The lowest BCUT2D eigenvalue weighted by Gasteiger charge is -2.32. The number of pyridine rings is 1. The zero-order valence-electron chi connectivity index (χ0n) is 12.9. The summed E-state index contributed by atoms with van der Waals surface area (Å²) in [7, 11) is 0. The molecule has 1 fully saturated rings. The minimum Gasteiger partial charge on any atom is -0.338 e. The lowest BCUT2D eigenvalue weighted by Crippen LogP contribution is -2.39.